The van der Waals surface area contributed by atoms with Crippen LogP contribution >= 0.6 is 22.9 Å². The summed E-state index contributed by atoms with van der Waals surface area (Å²) in [7, 11) is 1.60. The highest BCUT2D eigenvalue weighted by molar-refractivity contribution is 7.09. The lowest BCUT2D eigenvalue weighted by atomic mass is 10.1. The van der Waals surface area contributed by atoms with Gasteiger partial charge in [0.05, 0.1) is 23.6 Å². The molecule has 1 N–H and O–H groups in total. The maximum Gasteiger partial charge on any atom is 0.122 e. The Kier molecular flexibility index (Phi) is 3.99. The van der Waals surface area contributed by atoms with Crippen LogP contribution in [0.15, 0.2) is 29.9 Å². The number of methoxy groups -OCH3 is 1. The minimum Gasteiger partial charge on any atom is -0.496 e. The monoisotopic (exact) mass is 269 g/mol. The lowest BCUT2D eigenvalue weighted by Crippen LogP contribution is -2.01. The molecule has 0 bridgehead atoms. The first-order valence-electron chi connectivity index (χ1n) is 5.09. The number of nitrogens with zero attached hydrogens (tertiary/aromatic N) is 1. The summed E-state index contributed by atoms with van der Waals surface area (Å²) in [6.07, 6.45) is 1.56. The van der Waals surface area contributed by atoms with Gasteiger partial charge in [-0.15, -0.1) is 11.3 Å². The normalized spacial score (nSPS) is 12.4. The van der Waals surface area contributed by atoms with Crippen molar-refractivity contribution in [3.63, 3.8) is 0 Å². The minimum absolute atomic E-state index is 0.464. The summed E-state index contributed by atoms with van der Waals surface area (Å²) < 4.78 is 5.24. The number of hydrogen-bond donors (Lipinski definition) is 1. The van der Waals surface area contributed by atoms with E-state index >= 15 is 0 Å². The van der Waals surface area contributed by atoms with Crippen molar-refractivity contribution in [2.75, 3.05) is 7.11 Å². The molecule has 0 spiro atoms. The van der Waals surface area contributed by atoms with E-state index in [-0.39, 0.29) is 0 Å². The highest BCUT2D eigenvalue weighted by Gasteiger charge is 2.13. The predicted molar refractivity (Wildman–Crippen MR) is 68.8 cm³/mol. The SMILES string of the molecule is COc1ccc(Cl)cc1CC(O)c1cncs1. The van der Waals surface area contributed by atoms with Crippen LogP contribution in [0.4, 0.5) is 0 Å². The third-order valence-corrected chi connectivity index (χ3v) is 3.55. The van der Waals surface area contributed by atoms with Gasteiger partial charge in [0.25, 0.3) is 0 Å². The van der Waals surface area contributed by atoms with E-state index in [1.54, 1.807) is 30.9 Å². The molecule has 0 saturated heterocycles. The molecule has 17 heavy (non-hydrogen) atoms. The second kappa shape index (κ2) is 5.49. The van der Waals surface area contributed by atoms with Gasteiger partial charge in [0.1, 0.15) is 5.75 Å². The molecule has 3 nitrogen and oxygen atoms in total. The number of thiazole rings is 1. The summed E-state index contributed by atoms with van der Waals surface area (Å²) in [5.41, 5.74) is 2.59. The highest BCUT2D eigenvalue weighted by atomic mass is 35.5. The molecule has 0 aliphatic carbocycles. The Morgan fingerprint density at radius 2 is 2.35 bits per heavy atom. The molecule has 0 aliphatic rings. The number of ether oxygens (including phenoxy) is 1. The Bertz CT molecular complexity index is 487. The third kappa shape index (κ3) is 2.97. The predicted octanol–water partition coefficient (Wildman–Crippen LogP) is 3.08. The second-order valence-corrected chi connectivity index (χ2v) is 4.93. The van der Waals surface area contributed by atoms with Gasteiger partial charge in [-0.25, -0.2) is 0 Å². The first-order valence-corrected chi connectivity index (χ1v) is 6.35. The lowest BCUT2D eigenvalue weighted by molar-refractivity contribution is 0.181. The molecular formula is C12H12ClNO2S. The van der Waals surface area contributed by atoms with Crippen LogP contribution < -0.4 is 4.74 Å². The van der Waals surface area contributed by atoms with Gasteiger partial charge >= 0.3 is 0 Å². The summed E-state index contributed by atoms with van der Waals surface area (Å²) in [6.45, 7) is 0. The van der Waals surface area contributed by atoms with E-state index in [0.29, 0.717) is 11.4 Å². The van der Waals surface area contributed by atoms with Crippen LogP contribution in [-0.2, 0) is 6.42 Å². The number of aliphatic hydroxyl groups excluding tert-OH is 1. The molecule has 1 heterocycles. The van der Waals surface area contributed by atoms with E-state index in [1.165, 1.54) is 11.3 Å². The molecule has 90 valence electrons. The molecule has 1 aromatic carbocycles. The fourth-order valence-electron chi connectivity index (χ4n) is 1.61. The van der Waals surface area contributed by atoms with Crippen LogP contribution in [0.2, 0.25) is 5.02 Å². The number of halogens is 1. The lowest BCUT2D eigenvalue weighted by Gasteiger charge is -2.12. The van der Waals surface area contributed by atoms with Gasteiger partial charge < -0.3 is 9.84 Å². The van der Waals surface area contributed by atoms with Crippen molar-refractivity contribution in [3.05, 3.63) is 45.4 Å². The van der Waals surface area contributed by atoms with Gasteiger partial charge in [-0.2, -0.15) is 0 Å². The Hall–Kier alpha value is -1.10. The fourth-order valence-corrected chi connectivity index (χ4v) is 2.41. The molecule has 1 aromatic heterocycles. The van der Waals surface area contributed by atoms with Gasteiger partial charge in [0.15, 0.2) is 0 Å². The van der Waals surface area contributed by atoms with Gasteiger partial charge in [-0.3, -0.25) is 4.98 Å². The van der Waals surface area contributed by atoms with Crippen LogP contribution in [0.5, 0.6) is 5.75 Å². The molecule has 1 unspecified atom stereocenters. The molecular weight excluding hydrogens is 258 g/mol. The van der Waals surface area contributed by atoms with Gasteiger partial charge in [-0.1, -0.05) is 11.6 Å². The number of hydrogen-bond acceptors (Lipinski definition) is 4. The van der Waals surface area contributed by atoms with Crippen molar-refractivity contribution in [2.24, 2.45) is 0 Å². The molecule has 0 aliphatic heterocycles. The third-order valence-electron chi connectivity index (χ3n) is 2.44. The van der Waals surface area contributed by atoms with Crippen LogP contribution in [0.1, 0.15) is 16.5 Å². The maximum atomic E-state index is 10.0. The fraction of sp³-hybridized carbons (Fsp3) is 0.250. The van der Waals surface area contributed by atoms with E-state index < -0.39 is 6.10 Å². The van der Waals surface area contributed by atoms with Crippen molar-refractivity contribution in [1.82, 2.24) is 4.98 Å². The van der Waals surface area contributed by atoms with Crippen molar-refractivity contribution in [2.45, 2.75) is 12.5 Å². The highest BCUT2D eigenvalue weighted by Crippen LogP contribution is 2.28. The molecule has 0 radical (unpaired) electrons. The summed E-state index contributed by atoms with van der Waals surface area (Å²) >= 11 is 7.37. The number of rotatable bonds is 4. The zero-order valence-corrected chi connectivity index (χ0v) is 10.8. The summed E-state index contributed by atoms with van der Waals surface area (Å²) in [6, 6.07) is 5.38. The smallest absolute Gasteiger partial charge is 0.122 e. The van der Waals surface area contributed by atoms with E-state index in [1.807, 2.05) is 6.07 Å². The molecule has 0 saturated carbocycles. The van der Waals surface area contributed by atoms with Gasteiger partial charge in [0.2, 0.25) is 0 Å². The Balaban J connectivity index is 2.20. The van der Waals surface area contributed by atoms with E-state index in [9.17, 15) is 5.11 Å². The van der Waals surface area contributed by atoms with Crippen LogP contribution in [-0.4, -0.2) is 17.2 Å². The molecule has 2 rings (SSSR count). The average Bonchev–Trinajstić information content (AvgIpc) is 2.83. The van der Waals surface area contributed by atoms with E-state index in [0.717, 1.165) is 16.2 Å². The number of aliphatic hydroxyl groups is 1. The first kappa shape index (κ1) is 12.4. The Labute approximate surface area is 109 Å². The van der Waals surface area contributed by atoms with Crippen molar-refractivity contribution in [3.8, 4) is 5.75 Å². The zero-order valence-electron chi connectivity index (χ0n) is 9.26. The summed E-state index contributed by atoms with van der Waals surface area (Å²) in [5.74, 6) is 0.734. The number of aromatic nitrogens is 1. The summed E-state index contributed by atoms with van der Waals surface area (Å²) in [5, 5.41) is 10.7. The standard InChI is InChI=1S/C12H12ClNO2S/c1-16-11-3-2-9(13)4-8(11)5-10(15)12-6-14-7-17-12/h2-4,6-7,10,15H,5H2,1H3. The van der Waals surface area contributed by atoms with Gasteiger partial charge in [0, 0.05) is 17.6 Å². The van der Waals surface area contributed by atoms with Crippen molar-refractivity contribution < 1.29 is 9.84 Å². The van der Waals surface area contributed by atoms with Gasteiger partial charge in [-0.05, 0) is 23.8 Å². The van der Waals surface area contributed by atoms with Crippen molar-refractivity contribution in [1.29, 1.82) is 0 Å². The molecule has 1 atom stereocenters. The topological polar surface area (TPSA) is 42.4 Å². The maximum absolute atomic E-state index is 10.0. The average molecular weight is 270 g/mol. The van der Waals surface area contributed by atoms with Crippen LogP contribution in [0.25, 0.3) is 0 Å². The molecule has 2 aromatic rings. The zero-order chi connectivity index (χ0) is 12.3. The first-order chi connectivity index (χ1) is 8.20. The summed E-state index contributed by atoms with van der Waals surface area (Å²) in [4.78, 5) is 4.79. The Morgan fingerprint density at radius 3 is 3.00 bits per heavy atom. The van der Waals surface area contributed by atoms with Crippen LogP contribution in [0.3, 0.4) is 0 Å². The molecule has 5 heteroatoms. The van der Waals surface area contributed by atoms with E-state index in [2.05, 4.69) is 4.98 Å². The molecule has 0 amide bonds. The largest absolute Gasteiger partial charge is 0.496 e. The second-order valence-electron chi connectivity index (χ2n) is 3.58. The van der Waals surface area contributed by atoms with Crippen molar-refractivity contribution >= 4 is 22.9 Å². The number of benzene rings is 1. The van der Waals surface area contributed by atoms with E-state index in [4.69, 9.17) is 16.3 Å². The molecule has 0 fully saturated rings. The minimum atomic E-state index is -0.574. The Morgan fingerprint density at radius 1 is 1.53 bits per heavy atom. The quantitative estimate of drug-likeness (QED) is 0.928. The van der Waals surface area contributed by atoms with Crippen LogP contribution in [0, 0.1) is 0 Å².